The lowest BCUT2D eigenvalue weighted by Crippen LogP contribution is -2.42. The van der Waals surface area contributed by atoms with Crippen LogP contribution >= 0.6 is 22.9 Å². The minimum Gasteiger partial charge on any atom is -0.465 e. The standard InChI is InChI=1S/C26H30ClN3O5S2/c1-5-35-23(31)15-30-24-18(4)21(27)10-11-22(24)36-26(30)28-25(32)19-6-8-20(9-7-19)37(33,34)29-13-16(2)12-17(3)14-29/h6-11,16-17H,5,12-15H2,1-4H3. The molecule has 2 aromatic carbocycles. The van der Waals surface area contributed by atoms with E-state index in [1.807, 2.05) is 13.0 Å². The number of aryl methyl sites for hydroxylation is 1. The van der Waals surface area contributed by atoms with Crippen molar-refractivity contribution in [3.8, 4) is 0 Å². The van der Waals surface area contributed by atoms with Crippen LogP contribution in [0.5, 0.6) is 0 Å². The molecule has 0 bridgehead atoms. The smallest absolute Gasteiger partial charge is 0.326 e. The molecule has 1 aliphatic rings. The summed E-state index contributed by atoms with van der Waals surface area (Å²) >= 11 is 7.58. The van der Waals surface area contributed by atoms with Crippen LogP contribution in [0.25, 0.3) is 10.2 Å². The number of rotatable bonds is 6. The van der Waals surface area contributed by atoms with Crippen molar-refractivity contribution >= 4 is 55.1 Å². The molecular formula is C26H30ClN3O5S2. The van der Waals surface area contributed by atoms with Crippen LogP contribution < -0.4 is 4.80 Å². The van der Waals surface area contributed by atoms with Gasteiger partial charge in [-0.1, -0.05) is 36.8 Å². The lowest BCUT2D eigenvalue weighted by Gasteiger charge is -2.34. The number of esters is 1. The first-order chi connectivity index (χ1) is 17.5. The topological polar surface area (TPSA) is 98.0 Å². The van der Waals surface area contributed by atoms with Crippen molar-refractivity contribution in [1.82, 2.24) is 8.87 Å². The molecule has 0 aliphatic carbocycles. The molecule has 2 unspecified atom stereocenters. The quantitative estimate of drug-likeness (QED) is 0.407. The average Bonchev–Trinajstić information content (AvgIpc) is 3.18. The number of benzene rings is 2. The van der Waals surface area contributed by atoms with E-state index in [0.29, 0.717) is 40.3 Å². The summed E-state index contributed by atoms with van der Waals surface area (Å²) in [5.74, 6) is -0.415. The molecule has 2 atom stereocenters. The zero-order chi connectivity index (χ0) is 26.9. The van der Waals surface area contributed by atoms with Gasteiger partial charge in [0.15, 0.2) is 4.80 Å². The summed E-state index contributed by atoms with van der Waals surface area (Å²) in [6.45, 7) is 8.76. The second-order valence-electron chi connectivity index (χ2n) is 9.50. The third kappa shape index (κ3) is 5.82. The Morgan fingerprint density at radius 2 is 1.76 bits per heavy atom. The average molecular weight is 564 g/mol. The Hall–Kier alpha value is -2.53. The maximum atomic E-state index is 13.2. The number of halogens is 1. The Morgan fingerprint density at radius 1 is 1.11 bits per heavy atom. The van der Waals surface area contributed by atoms with Gasteiger partial charge in [0.1, 0.15) is 6.54 Å². The molecule has 3 aromatic rings. The van der Waals surface area contributed by atoms with E-state index in [-0.39, 0.29) is 23.6 Å². The van der Waals surface area contributed by atoms with E-state index < -0.39 is 21.9 Å². The van der Waals surface area contributed by atoms with E-state index in [0.717, 1.165) is 16.7 Å². The van der Waals surface area contributed by atoms with Crippen molar-refractivity contribution < 1.29 is 22.7 Å². The molecule has 11 heteroatoms. The number of aromatic nitrogens is 1. The van der Waals surface area contributed by atoms with Gasteiger partial charge >= 0.3 is 5.97 Å². The van der Waals surface area contributed by atoms with Crippen LogP contribution in [-0.4, -0.2) is 48.9 Å². The van der Waals surface area contributed by atoms with Crippen LogP contribution in [0.2, 0.25) is 5.02 Å². The fourth-order valence-electron chi connectivity index (χ4n) is 4.76. The number of carbonyl (C=O) groups is 2. The van der Waals surface area contributed by atoms with Gasteiger partial charge in [-0.15, -0.1) is 0 Å². The molecule has 1 aliphatic heterocycles. The summed E-state index contributed by atoms with van der Waals surface area (Å²) in [6, 6.07) is 9.43. The molecule has 8 nitrogen and oxygen atoms in total. The van der Waals surface area contributed by atoms with E-state index in [1.165, 1.54) is 39.9 Å². The molecule has 1 amide bonds. The highest BCUT2D eigenvalue weighted by atomic mass is 35.5. The maximum absolute atomic E-state index is 13.2. The molecule has 0 N–H and O–H groups in total. The Bertz CT molecular complexity index is 1500. The Balaban J connectivity index is 1.67. The summed E-state index contributed by atoms with van der Waals surface area (Å²) in [4.78, 5) is 30.1. The van der Waals surface area contributed by atoms with Gasteiger partial charge in [-0.25, -0.2) is 8.42 Å². The van der Waals surface area contributed by atoms with E-state index >= 15 is 0 Å². The molecular weight excluding hydrogens is 534 g/mol. The van der Waals surface area contributed by atoms with Crippen molar-refractivity contribution in [3.63, 3.8) is 0 Å². The van der Waals surface area contributed by atoms with Crippen LogP contribution in [0.4, 0.5) is 0 Å². The Labute approximate surface area is 225 Å². The predicted molar refractivity (Wildman–Crippen MR) is 144 cm³/mol. The summed E-state index contributed by atoms with van der Waals surface area (Å²) in [7, 11) is -3.66. The maximum Gasteiger partial charge on any atom is 0.326 e. The van der Waals surface area contributed by atoms with Crippen molar-refractivity contribution in [3.05, 3.63) is 57.3 Å². The van der Waals surface area contributed by atoms with Gasteiger partial charge in [0.2, 0.25) is 10.0 Å². The van der Waals surface area contributed by atoms with E-state index in [1.54, 1.807) is 17.6 Å². The predicted octanol–water partition coefficient (Wildman–Crippen LogP) is 4.64. The molecule has 2 heterocycles. The van der Waals surface area contributed by atoms with Crippen LogP contribution in [0.1, 0.15) is 43.1 Å². The third-order valence-electron chi connectivity index (χ3n) is 6.39. The van der Waals surface area contributed by atoms with Gasteiger partial charge in [-0.05, 0) is 74.1 Å². The summed E-state index contributed by atoms with van der Waals surface area (Å²) in [5, 5.41) is 0.537. The number of amides is 1. The van der Waals surface area contributed by atoms with Crippen LogP contribution in [0, 0.1) is 18.8 Å². The van der Waals surface area contributed by atoms with Gasteiger partial charge in [0, 0.05) is 23.7 Å². The fraction of sp³-hybridized carbons (Fsp3) is 0.423. The van der Waals surface area contributed by atoms with Gasteiger partial charge in [0.05, 0.1) is 21.7 Å². The van der Waals surface area contributed by atoms with Crippen molar-refractivity contribution in [1.29, 1.82) is 0 Å². The van der Waals surface area contributed by atoms with Crippen LogP contribution in [-0.2, 0) is 26.1 Å². The molecule has 0 saturated carbocycles. The molecule has 37 heavy (non-hydrogen) atoms. The molecule has 0 spiro atoms. The third-order valence-corrected chi connectivity index (χ3v) is 9.69. The molecule has 4 rings (SSSR count). The lowest BCUT2D eigenvalue weighted by atomic mass is 9.94. The number of thiazole rings is 1. The number of piperidine rings is 1. The van der Waals surface area contributed by atoms with Crippen LogP contribution in [0.3, 0.4) is 0 Å². The lowest BCUT2D eigenvalue weighted by molar-refractivity contribution is -0.143. The molecule has 1 aromatic heterocycles. The largest absolute Gasteiger partial charge is 0.465 e. The normalized spacial score (nSPS) is 19.3. The number of fused-ring (bicyclic) bond motifs is 1. The van der Waals surface area contributed by atoms with Crippen LogP contribution in [0.15, 0.2) is 46.3 Å². The fourth-order valence-corrected chi connectivity index (χ4v) is 7.67. The molecule has 1 fully saturated rings. The van der Waals surface area contributed by atoms with Gasteiger partial charge in [-0.3, -0.25) is 9.59 Å². The van der Waals surface area contributed by atoms with E-state index in [4.69, 9.17) is 16.3 Å². The van der Waals surface area contributed by atoms with E-state index in [9.17, 15) is 18.0 Å². The van der Waals surface area contributed by atoms with E-state index in [2.05, 4.69) is 18.8 Å². The number of sulfonamides is 1. The molecule has 0 radical (unpaired) electrons. The highest BCUT2D eigenvalue weighted by Gasteiger charge is 2.31. The zero-order valence-corrected chi connectivity index (χ0v) is 23.6. The number of ether oxygens (including phenoxy) is 1. The summed E-state index contributed by atoms with van der Waals surface area (Å²) in [6.07, 6.45) is 1.00. The van der Waals surface area contributed by atoms with Crippen molar-refractivity contribution in [2.24, 2.45) is 16.8 Å². The summed E-state index contributed by atoms with van der Waals surface area (Å²) in [5.41, 5.74) is 1.72. The number of nitrogens with zero attached hydrogens (tertiary/aromatic N) is 3. The number of hydrogen-bond donors (Lipinski definition) is 0. The minimum atomic E-state index is -3.66. The highest BCUT2D eigenvalue weighted by molar-refractivity contribution is 7.89. The SMILES string of the molecule is CCOC(=O)Cn1c(=NC(=O)c2ccc(S(=O)(=O)N3CC(C)CC(C)C3)cc2)sc2ccc(Cl)c(C)c21. The van der Waals surface area contributed by atoms with Gasteiger partial charge in [-0.2, -0.15) is 9.30 Å². The van der Waals surface area contributed by atoms with Crippen molar-refractivity contribution in [2.75, 3.05) is 19.7 Å². The second kappa shape index (κ2) is 11.1. The van der Waals surface area contributed by atoms with Gasteiger partial charge in [0.25, 0.3) is 5.91 Å². The first-order valence-electron chi connectivity index (χ1n) is 12.1. The first kappa shape index (κ1) is 27.5. The monoisotopic (exact) mass is 563 g/mol. The highest BCUT2D eigenvalue weighted by Crippen LogP contribution is 2.28. The van der Waals surface area contributed by atoms with Gasteiger partial charge < -0.3 is 9.30 Å². The second-order valence-corrected chi connectivity index (χ2v) is 12.9. The Morgan fingerprint density at radius 3 is 2.38 bits per heavy atom. The zero-order valence-electron chi connectivity index (χ0n) is 21.2. The number of hydrogen-bond acceptors (Lipinski definition) is 6. The summed E-state index contributed by atoms with van der Waals surface area (Å²) < 4.78 is 35.4. The minimum absolute atomic E-state index is 0.120. The molecule has 1 saturated heterocycles. The molecule has 198 valence electrons. The Kier molecular flexibility index (Phi) is 8.23. The number of carbonyl (C=O) groups excluding carboxylic acids is 2. The van der Waals surface area contributed by atoms with Crippen molar-refractivity contribution in [2.45, 2.75) is 45.6 Å². The first-order valence-corrected chi connectivity index (χ1v) is 14.8.